The Balaban J connectivity index is 1.62. The quantitative estimate of drug-likeness (QED) is 0.0602. The van der Waals surface area contributed by atoms with Crippen LogP contribution in [0.5, 0.6) is 0 Å². The molecule has 4 aromatic carbocycles. The highest BCUT2D eigenvalue weighted by Crippen LogP contribution is 2.27. The van der Waals surface area contributed by atoms with Gasteiger partial charge in [-0.15, -0.1) is 0 Å². The van der Waals surface area contributed by atoms with E-state index in [-0.39, 0.29) is 12.8 Å². The molecule has 2 unspecified atom stereocenters. The van der Waals surface area contributed by atoms with E-state index in [0.29, 0.717) is 22.7 Å². The standard InChI is InChI=1S/C48H62N4O4/c1-5-9-13-35-17-25-39(26-18-35)49-45(53)33-43(47(55)51-41-29-21-37(22-30-41)15-11-7-3)44(48(56)52-42-31-23-38(24-32-42)16-12-8-4)34-46(54)50-40-27-19-36(20-28-40)14-10-6-2/h17-32,43-44H,5-16,33-34H2,1-4H3,(H,49,53)(H,50,54)(H,51,55)(H,52,56). The molecular weight excluding hydrogens is 697 g/mol. The van der Waals surface area contributed by atoms with E-state index in [4.69, 9.17) is 0 Å². The summed E-state index contributed by atoms with van der Waals surface area (Å²) < 4.78 is 0. The highest BCUT2D eigenvalue weighted by molar-refractivity contribution is 6.05. The number of carbonyl (C=O) groups is 4. The molecule has 0 radical (unpaired) electrons. The Morgan fingerprint density at radius 3 is 0.839 bits per heavy atom. The van der Waals surface area contributed by atoms with Gasteiger partial charge in [0.15, 0.2) is 0 Å². The van der Waals surface area contributed by atoms with E-state index in [9.17, 15) is 19.2 Å². The topological polar surface area (TPSA) is 116 Å². The molecule has 2 atom stereocenters. The van der Waals surface area contributed by atoms with Gasteiger partial charge in [0.1, 0.15) is 0 Å². The van der Waals surface area contributed by atoms with Gasteiger partial charge in [0.2, 0.25) is 23.6 Å². The molecule has 4 amide bonds. The van der Waals surface area contributed by atoms with Crippen LogP contribution >= 0.6 is 0 Å². The predicted octanol–water partition coefficient (Wildman–Crippen LogP) is 10.9. The summed E-state index contributed by atoms with van der Waals surface area (Å²) in [4.78, 5) is 56.1. The fourth-order valence-corrected chi connectivity index (χ4v) is 6.67. The van der Waals surface area contributed by atoms with Crippen LogP contribution in [0.25, 0.3) is 0 Å². The molecule has 0 spiro atoms. The zero-order valence-electron chi connectivity index (χ0n) is 33.9. The van der Waals surface area contributed by atoms with Crippen LogP contribution in [0.2, 0.25) is 0 Å². The number of hydrogen-bond acceptors (Lipinski definition) is 4. The zero-order chi connectivity index (χ0) is 40.1. The van der Waals surface area contributed by atoms with E-state index in [0.717, 1.165) is 88.2 Å². The highest BCUT2D eigenvalue weighted by Gasteiger charge is 2.37. The lowest BCUT2D eigenvalue weighted by Gasteiger charge is -2.25. The van der Waals surface area contributed by atoms with Crippen LogP contribution in [0.15, 0.2) is 97.1 Å². The number of hydrogen-bond donors (Lipinski definition) is 4. The second-order valence-corrected chi connectivity index (χ2v) is 14.9. The Hall–Kier alpha value is -5.24. The summed E-state index contributed by atoms with van der Waals surface area (Å²) in [6, 6.07) is 30.7. The summed E-state index contributed by atoms with van der Waals surface area (Å²) >= 11 is 0. The van der Waals surface area contributed by atoms with E-state index < -0.39 is 35.5 Å². The molecule has 4 N–H and O–H groups in total. The Morgan fingerprint density at radius 2 is 0.607 bits per heavy atom. The third-order valence-corrected chi connectivity index (χ3v) is 10.2. The van der Waals surface area contributed by atoms with Gasteiger partial charge < -0.3 is 21.3 Å². The van der Waals surface area contributed by atoms with Crippen molar-refractivity contribution in [3.8, 4) is 0 Å². The number of rotatable bonds is 23. The molecule has 4 rings (SSSR count). The molecule has 4 aromatic rings. The van der Waals surface area contributed by atoms with Gasteiger partial charge >= 0.3 is 0 Å². The molecule has 0 saturated heterocycles. The maximum Gasteiger partial charge on any atom is 0.228 e. The smallest absolute Gasteiger partial charge is 0.228 e. The van der Waals surface area contributed by atoms with Crippen molar-refractivity contribution in [3.63, 3.8) is 0 Å². The van der Waals surface area contributed by atoms with Gasteiger partial charge in [0.25, 0.3) is 0 Å². The Labute approximate surface area is 334 Å². The summed E-state index contributed by atoms with van der Waals surface area (Å²) in [6.45, 7) is 8.59. The molecule has 8 nitrogen and oxygen atoms in total. The largest absolute Gasteiger partial charge is 0.326 e. The number of anilines is 4. The number of nitrogens with one attached hydrogen (secondary N) is 4. The molecule has 8 heteroatoms. The van der Waals surface area contributed by atoms with Crippen molar-refractivity contribution in [2.24, 2.45) is 11.8 Å². The number of benzene rings is 4. The molecule has 0 heterocycles. The molecule has 56 heavy (non-hydrogen) atoms. The fraction of sp³-hybridized carbons (Fsp3) is 0.417. The Morgan fingerprint density at radius 1 is 0.375 bits per heavy atom. The fourth-order valence-electron chi connectivity index (χ4n) is 6.67. The lowest BCUT2D eigenvalue weighted by molar-refractivity contribution is -0.134. The van der Waals surface area contributed by atoms with Crippen molar-refractivity contribution in [2.75, 3.05) is 21.3 Å². The molecule has 0 fully saturated rings. The third-order valence-electron chi connectivity index (χ3n) is 10.2. The zero-order valence-corrected chi connectivity index (χ0v) is 33.9. The minimum absolute atomic E-state index is 0.314. The first kappa shape index (κ1) is 43.5. The van der Waals surface area contributed by atoms with Crippen molar-refractivity contribution in [1.82, 2.24) is 0 Å². The molecule has 0 aliphatic carbocycles. The third kappa shape index (κ3) is 14.8. The molecule has 0 aliphatic heterocycles. The summed E-state index contributed by atoms with van der Waals surface area (Å²) in [5.41, 5.74) is 6.99. The number of aryl methyl sites for hydroxylation is 4. The Kier molecular flexibility index (Phi) is 18.3. The van der Waals surface area contributed by atoms with E-state index in [1.807, 2.05) is 97.1 Å². The van der Waals surface area contributed by atoms with Gasteiger partial charge in [0.05, 0.1) is 11.8 Å². The monoisotopic (exact) mass is 758 g/mol. The normalized spacial score (nSPS) is 12.0. The molecule has 298 valence electrons. The lowest BCUT2D eigenvalue weighted by Crippen LogP contribution is -2.40. The van der Waals surface area contributed by atoms with E-state index in [2.05, 4.69) is 49.0 Å². The summed E-state index contributed by atoms with van der Waals surface area (Å²) in [5, 5.41) is 11.8. The molecule has 0 saturated carbocycles. The van der Waals surface area contributed by atoms with Crippen molar-refractivity contribution < 1.29 is 19.2 Å². The van der Waals surface area contributed by atoms with Crippen molar-refractivity contribution in [1.29, 1.82) is 0 Å². The second kappa shape index (κ2) is 23.6. The maximum absolute atomic E-state index is 14.3. The highest BCUT2D eigenvalue weighted by atomic mass is 16.2. The van der Waals surface area contributed by atoms with Crippen LogP contribution in [0.4, 0.5) is 22.7 Å². The van der Waals surface area contributed by atoms with Crippen LogP contribution in [0, 0.1) is 11.8 Å². The van der Waals surface area contributed by atoms with Gasteiger partial charge in [-0.2, -0.15) is 0 Å². The van der Waals surface area contributed by atoms with Crippen LogP contribution in [-0.4, -0.2) is 23.6 Å². The van der Waals surface area contributed by atoms with Crippen molar-refractivity contribution in [2.45, 2.75) is 118 Å². The van der Waals surface area contributed by atoms with Gasteiger partial charge in [-0.05, 0) is 122 Å². The summed E-state index contributed by atoms with van der Waals surface area (Å²) in [5.74, 6) is -4.24. The molecular formula is C48H62N4O4. The van der Waals surface area contributed by atoms with E-state index in [1.165, 1.54) is 11.1 Å². The van der Waals surface area contributed by atoms with Crippen molar-refractivity contribution in [3.05, 3.63) is 119 Å². The van der Waals surface area contributed by atoms with Crippen LogP contribution in [0.1, 0.15) is 114 Å². The van der Waals surface area contributed by atoms with Gasteiger partial charge in [0, 0.05) is 35.6 Å². The summed E-state index contributed by atoms with van der Waals surface area (Å²) in [7, 11) is 0. The number of amides is 4. The first-order valence-electron chi connectivity index (χ1n) is 20.8. The maximum atomic E-state index is 14.3. The van der Waals surface area contributed by atoms with E-state index >= 15 is 0 Å². The van der Waals surface area contributed by atoms with Gasteiger partial charge in [-0.3, -0.25) is 19.2 Å². The minimum atomic E-state index is -1.18. The summed E-state index contributed by atoms with van der Waals surface area (Å²) in [6.07, 6.45) is 11.8. The molecule has 0 bridgehead atoms. The molecule has 0 aromatic heterocycles. The molecule has 0 aliphatic rings. The Bertz CT molecular complexity index is 1670. The predicted molar refractivity (Wildman–Crippen MR) is 231 cm³/mol. The first-order chi connectivity index (χ1) is 27.2. The van der Waals surface area contributed by atoms with Crippen LogP contribution in [0.3, 0.4) is 0 Å². The van der Waals surface area contributed by atoms with Gasteiger partial charge in [-0.25, -0.2) is 0 Å². The SMILES string of the molecule is CCCCc1ccc(NC(=O)CC(C(=O)Nc2ccc(CCCC)cc2)C(CC(=O)Nc2ccc(CCCC)cc2)C(=O)Nc2ccc(CCCC)cc2)cc1. The average molecular weight is 759 g/mol. The lowest BCUT2D eigenvalue weighted by atomic mass is 9.84. The van der Waals surface area contributed by atoms with Crippen LogP contribution in [-0.2, 0) is 44.9 Å². The average Bonchev–Trinajstić information content (AvgIpc) is 3.21. The van der Waals surface area contributed by atoms with Gasteiger partial charge in [-0.1, -0.05) is 102 Å². The van der Waals surface area contributed by atoms with Crippen LogP contribution < -0.4 is 21.3 Å². The minimum Gasteiger partial charge on any atom is -0.326 e. The number of unbranched alkanes of at least 4 members (excludes halogenated alkanes) is 4. The number of carbonyl (C=O) groups excluding carboxylic acids is 4. The second-order valence-electron chi connectivity index (χ2n) is 14.9. The van der Waals surface area contributed by atoms with E-state index in [1.54, 1.807) is 0 Å². The van der Waals surface area contributed by atoms with Crippen molar-refractivity contribution >= 4 is 46.4 Å². The first-order valence-corrected chi connectivity index (χ1v) is 20.8.